The number of hydrogen-bond acceptors (Lipinski definition) is 5. The van der Waals surface area contributed by atoms with E-state index in [0.717, 1.165) is 34.6 Å². The Kier molecular flexibility index (Phi) is 7.98. The zero-order valence-corrected chi connectivity index (χ0v) is 22.0. The van der Waals surface area contributed by atoms with Crippen molar-refractivity contribution in [3.8, 4) is 28.7 Å². The van der Waals surface area contributed by atoms with Crippen LogP contribution in [0.15, 0.2) is 134 Å². The van der Waals surface area contributed by atoms with Crippen LogP contribution >= 0.6 is 0 Å². The van der Waals surface area contributed by atoms with Gasteiger partial charge in [0.15, 0.2) is 0 Å². The summed E-state index contributed by atoms with van der Waals surface area (Å²) in [6, 6.07) is 38.3. The molecule has 5 aromatic carbocycles. The second-order valence-corrected chi connectivity index (χ2v) is 9.03. The molecule has 0 heterocycles. The number of nitrogens with zero attached hydrogens (tertiary/aromatic N) is 1. The summed E-state index contributed by atoms with van der Waals surface area (Å²) in [6.07, 6.45) is 1.12. The third-order valence-corrected chi connectivity index (χ3v) is 6.04. The highest BCUT2D eigenvalue weighted by atomic mass is 16.5. The topological polar surface area (TPSA) is 48.0 Å². The van der Waals surface area contributed by atoms with Gasteiger partial charge in [-0.3, -0.25) is 0 Å². The monoisotopic (exact) mass is 523 g/mol. The van der Waals surface area contributed by atoms with Gasteiger partial charge in [-0.1, -0.05) is 41.9 Å². The average molecular weight is 523 g/mol. The summed E-state index contributed by atoms with van der Waals surface area (Å²) in [5.41, 5.74) is 4.85. The SMILES string of the molecule is [B]c1ccc(Oc2ccc(N(c3ccc(C)cc3)c3ccc(Oc4ccc(OC(=O)C=C)cc4)cc3)cc2)cc1. The second kappa shape index (κ2) is 12.1. The summed E-state index contributed by atoms with van der Waals surface area (Å²) in [6.45, 7) is 5.47. The molecule has 0 atom stereocenters. The van der Waals surface area contributed by atoms with Crippen LogP contribution in [-0.2, 0) is 4.79 Å². The molecule has 0 saturated heterocycles. The van der Waals surface area contributed by atoms with E-state index in [9.17, 15) is 4.79 Å². The fourth-order valence-corrected chi connectivity index (χ4v) is 4.01. The Labute approximate surface area is 235 Å². The molecule has 0 fully saturated rings. The first-order valence-electron chi connectivity index (χ1n) is 12.7. The first-order chi connectivity index (χ1) is 19.5. The maximum Gasteiger partial charge on any atom is 0.335 e. The fraction of sp³-hybridized carbons (Fsp3) is 0.0294. The predicted octanol–water partition coefficient (Wildman–Crippen LogP) is 7.93. The molecule has 0 aliphatic rings. The number of rotatable bonds is 9. The number of ether oxygens (including phenoxy) is 3. The number of aryl methyl sites for hydroxylation is 1. The summed E-state index contributed by atoms with van der Waals surface area (Å²) >= 11 is 0. The van der Waals surface area contributed by atoms with E-state index in [-0.39, 0.29) is 0 Å². The van der Waals surface area contributed by atoms with Gasteiger partial charge in [0, 0.05) is 23.1 Å². The number of carbonyl (C=O) groups is 1. The first-order valence-corrected chi connectivity index (χ1v) is 12.7. The van der Waals surface area contributed by atoms with Crippen LogP contribution in [0, 0.1) is 6.92 Å². The lowest BCUT2D eigenvalue weighted by atomic mass is 9.97. The first kappa shape index (κ1) is 26.4. The molecular weight excluding hydrogens is 497 g/mol. The molecule has 0 unspecified atom stereocenters. The van der Waals surface area contributed by atoms with Crippen LogP contribution in [0.25, 0.3) is 0 Å². The third-order valence-electron chi connectivity index (χ3n) is 6.04. The van der Waals surface area contributed by atoms with Crippen molar-refractivity contribution in [2.75, 3.05) is 4.90 Å². The minimum absolute atomic E-state index is 0.422. The summed E-state index contributed by atoms with van der Waals surface area (Å²) < 4.78 is 17.1. The summed E-state index contributed by atoms with van der Waals surface area (Å²) in [7, 11) is 5.78. The van der Waals surface area contributed by atoms with E-state index in [4.69, 9.17) is 22.1 Å². The van der Waals surface area contributed by atoms with Crippen molar-refractivity contribution in [1.29, 1.82) is 0 Å². The van der Waals surface area contributed by atoms with E-state index >= 15 is 0 Å². The van der Waals surface area contributed by atoms with Crippen LogP contribution in [0.3, 0.4) is 0 Å². The Bertz CT molecular complexity index is 1580. The predicted molar refractivity (Wildman–Crippen MR) is 160 cm³/mol. The van der Waals surface area contributed by atoms with Crippen molar-refractivity contribution in [2.45, 2.75) is 6.92 Å². The molecule has 5 rings (SSSR count). The van der Waals surface area contributed by atoms with Gasteiger partial charge < -0.3 is 19.1 Å². The van der Waals surface area contributed by atoms with Gasteiger partial charge >= 0.3 is 5.97 Å². The van der Waals surface area contributed by atoms with Crippen molar-refractivity contribution in [1.82, 2.24) is 0 Å². The van der Waals surface area contributed by atoms with Crippen LogP contribution in [-0.4, -0.2) is 13.8 Å². The summed E-state index contributed by atoms with van der Waals surface area (Å²) in [5, 5.41) is 0. The third kappa shape index (κ3) is 6.61. The van der Waals surface area contributed by atoms with Crippen LogP contribution in [0.1, 0.15) is 5.56 Å². The largest absolute Gasteiger partial charge is 0.457 e. The minimum Gasteiger partial charge on any atom is -0.457 e. The lowest BCUT2D eigenvalue weighted by molar-refractivity contribution is -0.128. The molecule has 6 heteroatoms. The van der Waals surface area contributed by atoms with Gasteiger partial charge in [-0.2, -0.15) is 0 Å². The number of hydrogen-bond donors (Lipinski definition) is 0. The van der Waals surface area contributed by atoms with Crippen LogP contribution in [0.5, 0.6) is 28.7 Å². The number of esters is 1. The number of carbonyl (C=O) groups excluding carboxylic acids is 1. The van der Waals surface area contributed by atoms with Crippen LogP contribution in [0.4, 0.5) is 17.1 Å². The van der Waals surface area contributed by atoms with Crippen LogP contribution < -0.4 is 24.6 Å². The van der Waals surface area contributed by atoms with Crippen molar-refractivity contribution in [3.05, 3.63) is 140 Å². The molecule has 0 aliphatic carbocycles. The molecule has 5 nitrogen and oxygen atoms in total. The van der Waals surface area contributed by atoms with Crippen molar-refractivity contribution in [3.63, 3.8) is 0 Å². The Morgan fingerprint density at radius 2 is 0.950 bits per heavy atom. The highest BCUT2D eigenvalue weighted by Crippen LogP contribution is 2.37. The fourth-order valence-electron chi connectivity index (χ4n) is 4.01. The van der Waals surface area contributed by atoms with Crippen molar-refractivity contribution in [2.24, 2.45) is 0 Å². The van der Waals surface area contributed by atoms with E-state index in [0.29, 0.717) is 22.7 Å². The van der Waals surface area contributed by atoms with E-state index in [1.54, 1.807) is 24.3 Å². The molecule has 0 bridgehead atoms. The minimum atomic E-state index is -0.508. The highest BCUT2D eigenvalue weighted by Gasteiger charge is 2.13. The van der Waals surface area contributed by atoms with Crippen molar-refractivity contribution >= 4 is 36.3 Å². The van der Waals surface area contributed by atoms with E-state index in [1.165, 1.54) is 5.56 Å². The van der Waals surface area contributed by atoms with Gasteiger partial charge in [-0.05, 0) is 104 Å². The Balaban J connectivity index is 1.36. The smallest absolute Gasteiger partial charge is 0.335 e. The molecule has 0 saturated carbocycles. The number of benzene rings is 5. The Morgan fingerprint density at radius 1 is 0.600 bits per heavy atom. The number of anilines is 3. The molecule has 2 radical (unpaired) electrons. The molecule has 0 spiro atoms. The van der Waals surface area contributed by atoms with E-state index in [1.807, 2.05) is 72.8 Å². The van der Waals surface area contributed by atoms with Gasteiger partial charge in [0.05, 0.1) is 0 Å². The average Bonchev–Trinajstić information content (AvgIpc) is 2.98. The summed E-state index contributed by atoms with van der Waals surface area (Å²) in [5.74, 6) is 2.67. The zero-order valence-electron chi connectivity index (χ0n) is 22.0. The van der Waals surface area contributed by atoms with E-state index in [2.05, 4.69) is 42.7 Å². The quantitative estimate of drug-likeness (QED) is 0.0850. The molecule has 0 amide bonds. The van der Waals surface area contributed by atoms with Gasteiger partial charge in [0.1, 0.15) is 36.6 Å². The molecular formula is C34H26BNO4. The highest BCUT2D eigenvalue weighted by molar-refractivity contribution is 6.32. The lowest BCUT2D eigenvalue weighted by Gasteiger charge is -2.26. The van der Waals surface area contributed by atoms with Crippen LogP contribution in [0.2, 0.25) is 0 Å². The standard InChI is InChI=1S/C34H26BNO4/c1-3-34(37)40-33-22-20-32(21-23-33)39-31-18-12-28(13-19-31)36(26-8-4-24(2)5-9-26)27-10-16-30(17-11-27)38-29-14-6-25(35)7-15-29/h3-23H,1H2,2H3. The van der Waals surface area contributed by atoms with Gasteiger partial charge in [-0.25, -0.2) is 4.79 Å². The molecule has 40 heavy (non-hydrogen) atoms. The Hall–Kier alpha value is -5.23. The zero-order chi connectivity index (χ0) is 27.9. The van der Waals surface area contributed by atoms with Gasteiger partial charge in [0.2, 0.25) is 0 Å². The normalized spacial score (nSPS) is 10.4. The Morgan fingerprint density at radius 3 is 1.38 bits per heavy atom. The van der Waals surface area contributed by atoms with Gasteiger partial charge in [0.25, 0.3) is 0 Å². The maximum atomic E-state index is 11.4. The maximum absolute atomic E-state index is 11.4. The summed E-state index contributed by atoms with van der Waals surface area (Å²) in [4.78, 5) is 13.5. The molecule has 194 valence electrons. The molecule has 5 aromatic rings. The van der Waals surface area contributed by atoms with Gasteiger partial charge in [-0.15, -0.1) is 0 Å². The molecule has 0 aromatic heterocycles. The van der Waals surface area contributed by atoms with Crippen molar-refractivity contribution < 1.29 is 19.0 Å². The molecule has 0 aliphatic heterocycles. The van der Waals surface area contributed by atoms with E-state index < -0.39 is 5.97 Å². The molecule has 0 N–H and O–H groups in total. The lowest BCUT2D eigenvalue weighted by Crippen LogP contribution is -2.09. The second-order valence-electron chi connectivity index (χ2n) is 9.03.